The van der Waals surface area contributed by atoms with Crippen LogP contribution in [0.4, 0.5) is 13.2 Å². The summed E-state index contributed by atoms with van der Waals surface area (Å²) in [7, 11) is 0. The summed E-state index contributed by atoms with van der Waals surface area (Å²) in [6.45, 7) is 0.200. The van der Waals surface area contributed by atoms with E-state index in [1.807, 2.05) is 30.3 Å². The third kappa shape index (κ3) is 5.57. The molecule has 0 aromatic heterocycles. The molecule has 0 aliphatic rings. The number of hydrogen-bond donors (Lipinski definition) is 3. The molecule has 0 bridgehead atoms. The average Bonchev–Trinajstić information content (AvgIpc) is 2.59. The van der Waals surface area contributed by atoms with Crippen LogP contribution in [0, 0.1) is 0 Å². The van der Waals surface area contributed by atoms with Gasteiger partial charge in [-0.25, -0.2) is 0 Å². The third-order valence-electron chi connectivity index (χ3n) is 4.01. The Hall–Kier alpha value is -2.38. The number of halogens is 3. The van der Waals surface area contributed by atoms with E-state index in [0.29, 0.717) is 12.8 Å². The molecule has 4 nitrogen and oxygen atoms in total. The Morgan fingerprint density at radius 1 is 1.12 bits per heavy atom. The fourth-order valence-corrected chi connectivity index (χ4v) is 2.73. The molecule has 2 aromatic rings. The summed E-state index contributed by atoms with van der Waals surface area (Å²) in [4.78, 5) is 11.5. The van der Waals surface area contributed by atoms with Crippen LogP contribution in [0.1, 0.15) is 33.5 Å². The zero-order valence-corrected chi connectivity index (χ0v) is 14.1. The number of alkyl halides is 3. The van der Waals surface area contributed by atoms with Crippen molar-refractivity contribution < 1.29 is 23.1 Å². The van der Waals surface area contributed by atoms with E-state index in [-0.39, 0.29) is 18.7 Å². The van der Waals surface area contributed by atoms with Gasteiger partial charge in [-0.1, -0.05) is 42.5 Å². The number of nitrogens with one attached hydrogen (secondary N) is 1. The van der Waals surface area contributed by atoms with E-state index in [0.717, 1.165) is 11.6 Å². The van der Waals surface area contributed by atoms with Gasteiger partial charge < -0.3 is 16.2 Å². The number of carbonyl (C=O) groups is 1. The summed E-state index contributed by atoms with van der Waals surface area (Å²) >= 11 is 0. The van der Waals surface area contributed by atoms with Crippen LogP contribution in [0.25, 0.3) is 0 Å². The first-order valence-electron chi connectivity index (χ1n) is 8.20. The number of primary amides is 1. The summed E-state index contributed by atoms with van der Waals surface area (Å²) in [5, 5.41) is 12.9. The van der Waals surface area contributed by atoms with Gasteiger partial charge in [-0.2, -0.15) is 13.2 Å². The molecule has 2 aromatic carbocycles. The third-order valence-corrected chi connectivity index (χ3v) is 4.01. The van der Waals surface area contributed by atoms with E-state index < -0.39 is 29.3 Å². The summed E-state index contributed by atoms with van der Waals surface area (Å²) in [6.07, 6.45) is -4.10. The van der Waals surface area contributed by atoms with Crippen molar-refractivity contribution in [1.29, 1.82) is 0 Å². The number of carbonyl (C=O) groups excluding carboxylic acids is 1. The predicted molar refractivity (Wildman–Crippen MR) is 92.4 cm³/mol. The van der Waals surface area contributed by atoms with Gasteiger partial charge in [0, 0.05) is 13.1 Å². The van der Waals surface area contributed by atoms with Crippen LogP contribution >= 0.6 is 0 Å². The van der Waals surface area contributed by atoms with Crippen molar-refractivity contribution in [1.82, 2.24) is 5.32 Å². The van der Waals surface area contributed by atoms with Crippen molar-refractivity contribution in [3.8, 4) is 0 Å². The second kappa shape index (κ2) is 8.82. The second-order valence-corrected chi connectivity index (χ2v) is 6.01. The fourth-order valence-electron chi connectivity index (χ4n) is 2.73. The van der Waals surface area contributed by atoms with Gasteiger partial charge in [-0.3, -0.25) is 4.79 Å². The average molecular weight is 366 g/mol. The Morgan fingerprint density at radius 2 is 1.81 bits per heavy atom. The molecule has 0 spiro atoms. The Kier molecular flexibility index (Phi) is 6.76. The number of hydrogen-bond acceptors (Lipinski definition) is 3. The Bertz CT molecular complexity index is 733. The highest BCUT2D eigenvalue weighted by molar-refractivity contribution is 5.96. The van der Waals surface area contributed by atoms with Gasteiger partial charge in [0.15, 0.2) is 0 Å². The largest absolute Gasteiger partial charge is 0.417 e. The van der Waals surface area contributed by atoms with E-state index in [2.05, 4.69) is 5.32 Å². The van der Waals surface area contributed by atoms with Crippen LogP contribution in [0.2, 0.25) is 0 Å². The number of aryl methyl sites for hydroxylation is 1. The Labute approximate surface area is 149 Å². The molecule has 4 N–H and O–H groups in total. The zero-order valence-electron chi connectivity index (χ0n) is 14.1. The molecule has 2 rings (SSSR count). The maximum atomic E-state index is 13.0. The standard InChI is InChI=1S/C19H21F3N2O2/c20-19(21,22)16-8-4-7-14(17(16)18(23)26)11-24-12-15(25)10-9-13-5-2-1-3-6-13/h1-8,15,24-25H,9-12H2,(H2,23,26)/t15-/m1/s1. The van der Waals surface area contributed by atoms with Crippen LogP contribution in [-0.4, -0.2) is 23.7 Å². The molecule has 7 heteroatoms. The lowest BCUT2D eigenvalue weighted by atomic mass is 9.99. The van der Waals surface area contributed by atoms with E-state index in [1.165, 1.54) is 12.1 Å². The van der Waals surface area contributed by atoms with Crippen LogP contribution in [0.15, 0.2) is 48.5 Å². The number of nitrogens with two attached hydrogens (primary N) is 1. The maximum absolute atomic E-state index is 13.0. The number of rotatable bonds is 8. The van der Waals surface area contributed by atoms with Crippen molar-refractivity contribution in [3.05, 3.63) is 70.8 Å². The molecule has 1 amide bonds. The molecule has 1 atom stereocenters. The van der Waals surface area contributed by atoms with Gasteiger partial charge in [-0.05, 0) is 30.0 Å². The van der Waals surface area contributed by atoms with E-state index in [4.69, 9.17) is 5.73 Å². The van der Waals surface area contributed by atoms with Crippen LogP contribution < -0.4 is 11.1 Å². The fraction of sp³-hybridized carbons (Fsp3) is 0.316. The summed E-state index contributed by atoms with van der Waals surface area (Å²) < 4.78 is 39.1. The maximum Gasteiger partial charge on any atom is 0.417 e. The number of aliphatic hydroxyl groups is 1. The van der Waals surface area contributed by atoms with Gasteiger partial charge in [0.2, 0.25) is 5.91 Å². The van der Waals surface area contributed by atoms with Crippen molar-refractivity contribution >= 4 is 5.91 Å². The number of benzene rings is 2. The molecule has 0 radical (unpaired) electrons. The van der Waals surface area contributed by atoms with Crippen molar-refractivity contribution in [3.63, 3.8) is 0 Å². The first-order valence-corrected chi connectivity index (χ1v) is 8.20. The van der Waals surface area contributed by atoms with Crippen molar-refractivity contribution in [2.75, 3.05) is 6.54 Å². The van der Waals surface area contributed by atoms with E-state index in [9.17, 15) is 23.1 Å². The molecule has 140 valence electrons. The molecule has 26 heavy (non-hydrogen) atoms. The van der Waals surface area contributed by atoms with Gasteiger partial charge in [-0.15, -0.1) is 0 Å². The highest BCUT2D eigenvalue weighted by Crippen LogP contribution is 2.33. The minimum atomic E-state index is -4.66. The predicted octanol–water partition coefficient (Wildman–Crippen LogP) is 2.89. The summed E-state index contributed by atoms with van der Waals surface area (Å²) in [5.74, 6) is -1.13. The molecule has 0 aliphatic heterocycles. The SMILES string of the molecule is NC(=O)c1c(CNC[C@H](O)CCc2ccccc2)cccc1C(F)(F)F. The van der Waals surface area contributed by atoms with Crippen LogP contribution in [0.3, 0.4) is 0 Å². The van der Waals surface area contributed by atoms with Gasteiger partial charge in [0.1, 0.15) is 0 Å². The monoisotopic (exact) mass is 366 g/mol. The van der Waals surface area contributed by atoms with Crippen LogP contribution in [-0.2, 0) is 19.1 Å². The van der Waals surface area contributed by atoms with Crippen LogP contribution in [0.5, 0.6) is 0 Å². The molecule has 0 fully saturated rings. The Balaban J connectivity index is 1.94. The molecular formula is C19H21F3N2O2. The molecule has 0 heterocycles. The lowest BCUT2D eigenvalue weighted by molar-refractivity contribution is -0.138. The van der Waals surface area contributed by atoms with E-state index >= 15 is 0 Å². The minimum absolute atomic E-state index is 0.00455. The number of amides is 1. The highest BCUT2D eigenvalue weighted by Gasteiger charge is 2.35. The lowest BCUT2D eigenvalue weighted by Crippen LogP contribution is -2.29. The molecule has 0 saturated carbocycles. The second-order valence-electron chi connectivity index (χ2n) is 6.01. The zero-order chi connectivity index (χ0) is 19.2. The first kappa shape index (κ1) is 19.9. The lowest BCUT2D eigenvalue weighted by Gasteiger charge is -2.16. The smallest absolute Gasteiger partial charge is 0.392 e. The van der Waals surface area contributed by atoms with Crippen molar-refractivity contribution in [2.24, 2.45) is 5.73 Å². The van der Waals surface area contributed by atoms with Gasteiger partial charge in [0.05, 0.1) is 17.2 Å². The van der Waals surface area contributed by atoms with E-state index in [1.54, 1.807) is 0 Å². The Morgan fingerprint density at radius 3 is 2.42 bits per heavy atom. The molecule has 0 aliphatic carbocycles. The summed E-state index contributed by atoms with van der Waals surface area (Å²) in [6, 6.07) is 13.1. The molecular weight excluding hydrogens is 345 g/mol. The van der Waals surface area contributed by atoms with Gasteiger partial charge in [0.25, 0.3) is 0 Å². The topological polar surface area (TPSA) is 75.4 Å². The van der Waals surface area contributed by atoms with Crippen molar-refractivity contribution in [2.45, 2.75) is 31.7 Å². The molecule has 0 saturated heterocycles. The molecule has 0 unspecified atom stereocenters. The quantitative estimate of drug-likeness (QED) is 0.672. The first-order chi connectivity index (χ1) is 12.3. The minimum Gasteiger partial charge on any atom is -0.392 e. The number of aliphatic hydroxyl groups excluding tert-OH is 1. The van der Waals surface area contributed by atoms with Gasteiger partial charge >= 0.3 is 6.18 Å². The normalized spacial score (nSPS) is 12.8. The summed E-state index contributed by atoms with van der Waals surface area (Å²) in [5.41, 5.74) is 4.81. The highest BCUT2D eigenvalue weighted by atomic mass is 19.4.